The zero-order valence-corrected chi connectivity index (χ0v) is 8.27. The third kappa shape index (κ3) is 1.83. The second-order valence-electron chi connectivity index (χ2n) is 3.82. The van der Waals surface area contributed by atoms with E-state index in [0.29, 0.717) is 6.04 Å². The predicted octanol–water partition coefficient (Wildman–Crippen LogP) is 2.05. The molecule has 2 aromatic heterocycles. The molecule has 0 amide bonds. The van der Waals surface area contributed by atoms with Gasteiger partial charge in [-0.15, -0.1) is 10.2 Å². The van der Waals surface area contributed by atoms with Crippen LogP contribution >= 0.6 is 0 Å². The van der Waals surface area contributed by atoms with Crippen molar-refractivity contribution in [2.24, 2.45) is 0 Å². The molecule has 4 heteroatoms. The fourth-order valence-corrected chi connectivity index (χ4v) is 1.48. The molecule has 15 heavy (non-hydrogen) atoms. The van der Waals surface area contributed by atoms with Crippen LogP contribution in [0, 0.1) is 0 Å². The van der Waals surface area contributed by atoms with Crippen molar-refractivity contribution < 1.29 is 0 Å². The minimum absolute atomic E-state index is 0.623. The maximum absolute atomic E-state index is 4.17. The van der Waals surface area contributed by atoms with E-state index in [4.69, 9.17) is 0 Å². The Hall–Kier alpha value is -1.84. The molecular formula is C11H12N4. The Balaban J connectivity index is 1.80. The van der Waals surface area contributed by atoms with E-state index in [1.807, 2.05) is 30.6 Å². The van der Waals surface area contributed by atoms with Gasteiger partial charge in [0.2, 0.25) is 0 Å². The summed E-state index contributed by atoms with van der Waals surface area (Å²) in [6, 6.07) is 6.57. The topological polar surface area (TPSA) is 53.6 Å². The summed E-state index contributed by atoms with van der Waals surface area (Å²) in [7, 11) is 0. The lowest BCUT2D eigenvalue weighted by Gasteiger charge is -2.02. The van der Waals surface area contributed by atoms with Gasteiger partial charge in [0.25, 0.3) is 0 Å². The summed E-state index contributed by atoms with van der Waals surface area (Å²) in [5, 5.41) is 11.6. The lowest BCUT2D eigenvalue weighted by atomic mass is 10.2. The van der Waals surface area contributed by atoms with Crippen LogP contribution in [0.3, 0.4) is 0 Å². The van der Waals surface area contributed by atoms with Gasteiger partial charge in [0, 0.05) is 24.0 Å². The number of rotatable bonds is 3. The van der Waals surface area contributed by atoms with E-state index >= 15 is 0 Å². The van der Waals surface area contributed by atoms with Gasteiger partial charge < -0.3 is 10.3 Å². The Morgan fingerprint density at radius 2 is 2.13 bits per heavy atom. The highest BCUT2D eigenvalue weighted by Gasteiger charge is 2.21. The van der Waals surface area contributed by atoms with Gasteiger partial charge >= 0.3 is 0 Å². The molecule has 0 aliphatic heterocycles. The molecule has 0 spiro atoms. The van der Waals surface area contributed by atoms with Crippen LogP contribution < -0.4 is 5.32 Å². The molecule has 2 aromatic rings. The average Bonchev–Trinajstić information content (AvgIpc) is 2.92. The van der Waals surface area contributed by atoms with Crippen molar-refractivity contribution in [2.45, 2.75) is 18.9 Å². The van der Waals surface area contributed by atoms with Crippen LogP contribution in [0.2, 0.25) is 0 Å². The minimum atomic E-state index is 0.623. The molecule has 0 radical (unpaired) electrons. The Morgan fingerprint density at radius 1 is 1.20 bits per heavy atom. The van der Waals surface area contributed by atoms with E-state index in [9.17, 15) is 0 Å². The van der Waals surface area contributed by atoms with Crippen molar-refractivity contribution in [3.63, 3.8) is 0 Å². The summed E-state index contributed by atoms with van der Waals surface area (Å²) in [5.74, 6) is 0.872. The average molecular weight is 200 g/mol. The SMILES string of the molecule is c1cc(-c2ccc(NC3CC3)nn2)c[nH]1. The molecule has 1 saturated carbocycles. The van der Waals surface area contributed by atoms with Crippen LogP contribution in [0.5, 0.6) is 0 Å². The van der Waals surface area contributed by atoms with E-state index in [1.54, 1.807) is 0 Å². The molecule has 2 heterocycles. The Morgan fingerprint density at radius 3 is 2.73 bits per heavy atom. The molecule has 1 aliphatic carbocycles. The molecule has 0 aromatic carbocycles. The first-order valence-electron chi connectivity index (χ1n) is 5.15. The molecule has 76 valence electrons. The van der Waals surface area contributed by atoms with E-state index in [-0.39, 0.29) is 0 Å². The van der Waals surface area contributed by atoms with Crippen molar-refractivity contribution in [3.8, 4) is 11.3 Å². The first-order valence-corrected chi connectivity index (χ1v) is 5.15. The molecule has 0 bridgehead atoms. The first-order chi connectivity index (χ1) is 7.42. The summed E-state index contributed by atoms with van der Waals surface area (Å²) in [6.45, 7) is 0. The van der Waals surface area contributed by atoms with Crippen LogP contribution in [-0.2, 0) is 0 Å². The number of nitrogens with zero attached hydrogens (tertiary/aromatic N) is 2. The summed E-state index contributed by atoms with van der Waals surface area (Å²) < 4.78 is 0. The first kappa shape index (κ1) is 8.47. The molecule has 1 fully saturated rings. The van der Waals surface area contributed by atoms with Gasteiger partial charge in [0.1, 0.15) is 5.82 Å². The van der Waals surface area contributed by atoms with Crippen molar-refractivity contribution in [3.05, 3.63) is 30.6 Å². The zero-order valence-electron chi connectivity index (χ0n) is 8.27. The summed E-state index contributed by atoms with van der Waals surface area (Å²) >= 11 is 0. The largest absolute Gasteiger partial charge is 0.367 e. The van der Waals surface area contributed by atoms with Crippen LogP contribution in [-0.4, -0.2) is 21.2 Å². The Labute approximate surface area is 87.7 Å². The number of H-pyrrole nitrogens is 1. The molecule has 1 aliphatic rings. The van der Waals surface area contributed by atoms with Gasteiger partial charge in [-0.3, -0.25) is 0 Å². The fourth-order valence-electron chi connectivity index (χ4n) is 1.48. The van der Waals surface area contributed by atoms with Crippen molar-refractivity contribution in [1.29, 1.82) is 0 Å². The number of hydrogen-bond donors (Lipinski definition) is 2. The number of hydrogen-bond acceptors (Lipinski definition) is 3. The van der Waals surface area contributed by atoms with E-state index in [2.05, 4.69) is 20.5 Å². The summed E-state index contributed by atoms with van der Waals surface area (Å²) in [5.41, 5.74) is 1.97. The van der Waals surface area contributed by atoms with Crippen molar-refractivity contribution in [1.82, 2.24) is 15.2 Å². The van der Waals surface area contributed by atoms with Crippen LogP contribution in [0.4, 0.5) is 5.82 Å². The van der Waals surface area contributed by atoms with Gasteiger partial charge in [0.15, 0.2) is 0 Å². The zero-order chi connectivity index (χ0) is 10.1. The number of nitrogens with one attached hydrogen (secondary N) is 2. The van der Waals surface area contributed by atoms with Crippen molar-refractivity contribution in [2.75, 3.05) is 5.32 Å². The third-order valence-electron chi connectivity index (χ3n) is 2.49. The van der Waals surface area contributed by atoms with E-state index in [1.165, 1.54) is 12.8 Å². The highest BCUT2D eigenvalue weighted by molar-refractivity contribution is 5.58. The molecule has 0 unspecified atom stereocenters. The second-order valence-corrected chi connectivity index (χ2v) is 3.82. The maximum Gasteiger partial charge on any atom is 0.148 e. The monoisotopic (exact) mass is 200 g/mol. The smallest absolute Gasteiger partial charge is 0.148 e. The highest BCUT2D eigenvalue weighted by Crippen LogP contribution is 2.24. The van der Waals surface area contributed by atoms with Crippen LogP contribution in [0.1, 0.15) is 12.8 Å². The minimum Gasteiger partial charge on any atom is -0.367 e. The fraction of sp³-hybridized carbons (Fsp3) is 0.273. The Kier molecular flexibility index (Phi) is 1.91. The van der Waals surface area contributed by atoms with Crippen LogP contribution in [0.25, 0.3) is 11.3 Å². The maximum atomic E-state index is 4.17. The predicted molar refractivity (Wildman–Crippen MR) is 58.5 cm³/mol. The lowest BCUT2D eigenvalue weighted by Crippen LogP contribution is -2.03. The quantitative estimate of drug-likeness (QED) is 0.797. The summed E-state index contributed by atoms with van der Waals surface area (Å²) in [6.07, 6.45) is 6.30. The Bertz CT molecular complexity index is 428. The van der Waals surface area contributed by atoms with E-state index in [0.717, 1.165) is 17.1 Å². The van der Waals surface area contributed by atoms with Crippen molar-refractivity contribution >= 4 is 5.82 Å². The molecule has 4 nitrogen and oxygen atoms in total. The summed E-state index contributed by atoms with van der Waals surface area (Å²) in [4.78, 5) is 3.00. The molecule has 3 rings (SSSR count). The normalized spacial score (nSPS) is 15.2. The van der Waals surface area contributed by atoms with Gasteiger partial charge in [-0.05, 0) is 31.0 Å². The van der Waals surface area contributed by atoms with E-state index < -0.39 is 0 Å². The van der Waals surface area contributed by atoms with Gasteiger partial charge in [-0.25, -0.2) is 0 Å². The third-order valence-corrected chi connectivity index (χ3v) is 2.49. The molecule has 0 saturated heterocycles. The molecule has 2 N–H and O–H groups in total. The highest BCUT2D eigenvalue weighted by atomic mass is 15.2. The number of aromatic nitrogens is 3. The lowest BCUT2D eigenvalue weighted by molar-refractivity contribution is 1.00. The number of aromatic amines is 1. The van der Waals surface area contributed by atoms with Gasteiger partial charge in [-0.1, -0.05) is 0 Å². The number of anilines is 1. The molecule has 0 atom stereocenters. The van der Waals surface area contributed by atoms with Gasteiger partial charge in [-0.2, -0.15) is 0 Å². The standard InChI is InChI=1S/C11H12N4/c1-2-9(1)13-11-4-3-10(14-15-11)8-5-6-12-7-8/h3-7,9,12H,1-2H2,(H,13,15). The van der Waals surface area contributed by atoms with Gasteiger partial charge in [0.05, 0.1) is 5.69 Å². The molecular weight excluding hydrogens is 188 g/mol. The van der Waals surface area contributed by atoms with Crippen LogP contribution in [0.15, 0.2) is 30.6 Å². The second kappa shape index (κ2) is 3.38.